The topological polar surface area (TPSA) is 26.3 Å². The van der Waals surface area contributed by atoms with Gasteiger partial charge in [-0.05, 0) is 35.5 Å². The highest BCUT2D eigenvalue weighted by molar-refractivity contribution is 7.90. The molecule has 0 amide bonds. The number of alkyl halides is 3. The molecule has 0 saturated carbocycles. The Hall–Kier alpha value is 0.700. The van der Waals surface area contributed by atoms with Crippen LogP contribution in [0.1, 0.15) is 0 Å². The molecule has 1 atom stereocenters. The smallest absolute Gasteiger partial charge is 0.387 e. The molecule has 0 aromatic heterocycles. The van der Waals surface area contributed by atoms with Crippen LogP contribution in [0, 0.1) is 0 Å². The molecular weight excluding hydrogens is 324 g/mol. The predicted octanol–water partition coefficient (Wildman–Crippen LogP) is 5.48. The summed E-state index contributed by atoms with van der Waals surface area (Å²) in [7, 11) is 0. The Morgan fingerprint density at radius 1 is 1.13 bits per heavy atom. The van der Waals surface area contributed by atoms with Gasteiger partial charge in [-0.2, -0.15) is 0 Å². The van der Waals surface area contributed by atoms with Gasteiger partial charge in [0, 0.05) is 5.02 Å². The average molecular weight is 328 g/mol. The molecule has 2 nitrogen and oxygen atoms in total. The van der Waals surface area contributed by atoms with Crippen LogP contribution in [0.5, 0.6) is 5.75 Å². The van der Waals surface area contributed by atoms with Crippen LogP contribution in [0.2, 0.25) is 5.02 Å². The summed E-state index contributed by atoms with van der Waals surface area (Å²) in [5, 5.41) is 0.501. The van der Waals surface area contributed by atoms with Gasteiger partial charge in [0.15, 0.2) is 0 Å². The van der Waals surface area contributed by atoms with Gasteiger partial charge < -0.3 is 4.52 Å². The van der Waals surface area contributed by atoms with Crippen LogP contribution in [-0.4, -0.2) is 3.53 Å². The second-order valence-corrected chi connectivity index (χ2v) is 9.15. The molecule has 0 radical (unpaired) electrons. The zero-order chi connectivity index (χ0) is 11.7. The fraction of sp³-hybridized carbons (Fsp3) is 0.143. The van der Waals surface area contributed by atoms with Crippen molar-refractivity contribution in [1.82, 2.24) is 0 Å². The fourth-order valence-corrected chi connectivity index (χ4v) is 1.85. The van der Waals surface area contributed by atoms with Gasteiger partial charge in [0.2, 0.25) is 0 Å². The van der Waals surface area contributed by atoms with Crippen molar-refractivity contribution in [3.05, 3.63) is 29.3 Å². The van der Waals surface area contributed by atoms with E-state index >= 15 is 0 Å². The van der Waals surface area contributed by atoms with E-state index in [0.29, 0.717) is 5.02 Å². The zero-order valence-corrected chi connectivity index (χ0v) is 11.6. The normalized spacial score (nSPS) is 15.8. The molecule has 0 aliphatic carbocycles. The van der Waals surface area contributed by atoms with E-state index in [1.807, 2.05) is 0 Å². The summed E-state index contributed by atoms with van der Waals surface area (Å²) >= 11 is 27.3. The van der Waals surface area contributed by atoms with Crippen molar-refractivity contribution in [3.8, 4) is 5.75 Å². The maximum atomic E-state index is 11.6. The standard InChI is InChI=1S/C7H4Cl5O2P/c8-5-1-3-6(4-2-5)14-15(12,13)7(9,10)11/h1-4H. The number of halogens is 5. The van der Waals surface area contributed by atoms with Crippen LogP contribution >= 0.6 is 64.4 Å². The highest BCUT2D eigenvalue weighted by Gasteiger charge is 2.45. The quantitative estimate of drug-likeness (QED) is 0.531. The molecule has 0 aliphatic rings. The van der Waals surface area contributed by atoms with Gasteiger partial charge in [-0.25, -0.2) is 0 Å². The van der Waals surface area contributed by atoms with Crippen molar-refractivity contribution in [3.63, 3.8) is 0 Å². The third-order valence-electron chi connectivity index (χ3n) is 1.34. The molecule has 0 spiro atoms. The number of rotatable bonds is 2. The number of hydrogen-bond donors (Lipinski definition) is 0. The molecule has 1 aromatic rings. The Kier molecular flexibility index (Phi) is 4.51. The zero-order valence-electron chi connectivity index (χ0n) is 6.96. The van der Waals surface area contributed by atoms with E-state index in [4.69, 9.17) is 62.2 Å². The second-order valence-electron chi connectivity index (χ2n) is 2.49. The van der Waals surface area contributed by atoms with Crippen molar-refractivity contribution in [2.24, 2.45) is 0 Å². The lowest BCUT2D eigenvalue weighted by atomic mass is 10.3. The van der Waals surface area contributed by atoms with E-state index in [1.165, 1.54) is 24.3 Å². The van der Waals surface area contributed by atoms with Crippen LogP contribution in [0.15, 0.2) is 24.3 Å². The molecule has 1 unspecified atom stereocenters. The van der Waals surface area contributed by atoms with Crippen LogP contribution in [0.3, 0.4) is 0 Å². The molecule has 0 aliphatic heterocycles. The van der Waals surface area contributed by atoms with E-state index < -0.39 is 10.3 Å². The Labute approximate surface area is 112 Å². The summed E-state index contributed by atoms with van der Waals surface area (Å²) in [5.74, 6) is 0.212. The van der Waals surface area contributed by atoms with Gasteiger partial charge in [0.05, 0.1) is 0 Å². The van der Waals surface area contributed by atoms with Crippen LogP contribution in [0.4, 0.5) is 0 Å². The van der Waals surface area contributed by atoms with Gasteiger partial charge in [0.1, 0.15) is 5.75 Å². The Bertz CT molecular complexity index is 385. The van der Waals surface area contributed by atoms with Crippen molar-refractivity contribution >= 4 is 64.4 Å². The molecular formula is C7H4Cl5O2P. The average Bonchev–Trinajstić information content (AvgIpc) is 2.06. The molecule has 84 valence electrons. The summed E-state index contributed by atoms with van der Waals surface area (Å²) in [6.45, 7) is -3.89. The van der Waals surface area contributed by atoms with E-state index in [-0.39, 0.29) is 5.75 Å². The SMILES string of the molecule is O=P(Cl)(Oc1ccc(Cl)cc1)C(Cl)(Cl)Cl. The predicted molar refractivity (Wildman–Crippen MR) is 65.8 cm³/mol. The van der Waals surface area contributed by atoms with Crippen molar-refractivity contribution in [2.75, 3.05) is 0 Å². The van der Waals surface area contributed by atoms with Gasteiger partial charge in [0.25, 0.3) is 3.53 Å². The molecule has 0 N–H and O–H groups in total. The third-order valence-corrected chi connectivity index (χ3v) is 6.39. The maximum Gasteiger partial charge on any atom is 0.387 e. The second kappa shape index (κ2) is 4.91. The minimum absolute atomic E-state index is 0.212. The molecule has 0 saturated heterocycles. The van der Waals surface area contributed by atoms with Crippen molar-refractivity contribution in [1.29, 1.82) is 0 Å². The van der Waals surface area contributed by atoms with Gasteiger partial charge in [-0.15, -0.1) is 0 Å². The molecule has 15 heavy (non-hydrogen) atoms. The lowest BCUT2D eigenvalue weighted by Crippen LogP contribution is -2.04. The largest absolute Gasteiger partial charge is 0.430 e. The van der Waals surface area contributed by atoms with Crippen LogP contribution in [-0.2, 0) is 4.57 Å². The molecule has 1 rings (SSSR count). The summed E-state index contributed by atoms with van der Waals surface area (Å²) < 4.78 is 14.3. The lowest BCUT2D eigenvalue weighted by molar-refractivity contribution is 0.498. The first-order valence-electron chi connectivity index (χ1n) is 3.54. The minimum atomic E-state index is -3.89. The van der Waals surface area contributed by atoms with Crippen molar-refractivity contribution < 1.29 is 9.09 Å². The van der Waals surface area contributed by atoms with Gasteiger partial charge in [-0.1, -0.05) is 46.4 Å². The summed E-state index contributed by atoms with van der Waals surface area (Å²) in [6.07, 6.45) is 0. The molecule has 0 bridgehead atoms. The summed E-state index contributed by atoms with van der Waals surface area (Å²) in [6, 6.07) is 6.00. The molecule has 1 aromatic carbocycles. The van der Waals surface area contributed by atoms with Crippen LogP contribution in [0.25, 0.3) is 0 Å². The maximum absolute atomic E-state index is 11.6. The third kappa shape index (κ3) is 3.89. The number of benzene rings is 1. The summed E-state index contributed by atoms with van der Waals surface area (Å²) in [5.41, 5.74) is 0. The Morgan fingerprint density at radius 2 is 1.60 bits per heavy atom. The summed E-state index contributed by atoms with van der Waals surface area (Å²) in [4.78, 5) is 0. The van der Waals surface area contributed by atoms with Gasteiger partial charge in [-0.3, -0.25) is 4.57 Å². The molecule has 0 fully saturated rings. The minimum Gasteiger partial charge on any atom is -0.430 e. The number of hydrogen-bond acceptors (Lipinski definition) is 2. The van der Waals surface area contributed by atoms with E-state index in [0.717, 1.165) is 0 Å². The first-order valence-corrected chi connectivity index (χ1v) is 7.58. The molecule has 8 heteroatoms. The van der Waals surface area contributed by atoms with E-state index in [2.05, 4.69) is 0 Å². The van der Waals surface area contributed by atoms with Crippen molar-refractivity contribution in [2.45, 2.75) is 3.53 Å². The lowest BCUT2D eigenvalue weighted by Gasteiger charge is -2.18. The van der Waals surface area contributed by atoms with Crippen LogP contribution < -0.4 is 4.52 Å². The first-order chi connectivity index (χ1) is 6.72. The monoisotopic (exact) mass is 326 g/mol. The first kappa shape index (κ1) is 13.8. The highest BCUT2D eigenvalue weighted by Crippen LogP contribution is 2.68. The Morgan fingerprint density at radius 3 is 2.00 bits per heavy atom. The van der Waals surface area contributed by atoms with Gasteiger partial charge >= 0.3 is 6.72 Å². The highest BCUT2D eigenvalue weighted by atomic mass is 35.7. The Balaban J connectivity index is 2.87. The fourth-order valence-electron chi connectivity index (χ4n) is 0.683. The molecule has 0 heterocycles. The van der Waals surface area contributed by atoms with E-state index in [1.54, 1.807) is 0 Å². The van der Waals surface area contributed by atoms with E-state index in [9.17, 15) is 4.57 Å².